The van der Waals surface area contributed by atoms with E-state index in [9.17, 15) is 14.0 Å². The molecule has 0 bridgehead atoms. The molecule has 3 rings (SSSR count). The molecule has 0 saturated heterocycles. The lowest BCUT2D eigenvalue weighted by atomic mass is 9.91. The quantitative estimate of drug-likeness (QED) is 0.245. The molecule has 0 aliphatic heterocycles. The fourth-order valence-electron chi connectivity index (χ4n) is 2.97. The van der Waals surface area contributed by atoms with Gasteiger partial charge in [0.25, 0.3) is 5.91 Å². The number of hydrogen-bond acceptors (Lipinski definition) is 5. The first-order valence-corrected chi connectivity index (χ1v) is 9.34. The molecule has 30 heavy (non-hydrogen) atoms. The van der Waals surface area contributed by atoms with Gasteiger partial charge < -0.3 is 15.4 Å². The summed E-state index contributed by atoms with van der Waals surface area (Å²) in [5.41, 5.74) is 2.70. The Morgan fingerprint density at radius 3 is 2.27 bits per heavy atom. The van der Waals surface area contributed by atoms with Crippen LogP contribution in [0.25, 0.3) is 0 Å². The summed E-state index contributed by atoms with van der Waals surface area (Å²) in [4.78, 5) is 23.6. The molecular formula is C22H19ClFN3O3. The smallest absolute Gasteiger partial charge is 0.274 e. The number of hydrogen-bond donors (Lipinski definition) is 4. The largest absolute Gasteiger partial charge is 0.370 e. The van der Waals surface area contributed by atoms with Crippen molar-refractivity contribution in [1.29, 1.82) is 0 Å². The Balaban J connectivity index is 1.94. The highest BCUT2D eigenvalue weighted by molar-refractivity contribution is 6.30. The zero-order valence-electron chi connectivity index (χ0n) is 15.9. The van der Waals surface area contributed by atoms with E-state index >= 15 is 0 Å². The third-order valence-corrected chi connectivity index (χ3v) is 4.80. The summed E-state index contributed by atoms with van der Waals surface area (Å²) < 4.78 is 14.1. The van der Waals surface area contributed by atoms with Gasteiger partial charge in [0.1, 0.15) is 17.6 Å². The predicted molar refractivity (Wildman–Crippen MR) is 114 cm³/mol. The monoisotopic (exact) mass is 427 g/mol. The number of anilines is 3. The second-order valence-corrected chi connectivity index (χ2v) is 7.22. The van der Waals surface area contributed by atoms with Crippen molar-refractivity contribution in [3.63, 3.8) is 0 Å². The Bertz CT molecular complexity index is 1060. The van der Waals surface area contributed by atoms with Crippen molar-refractivity contribution in [3.8, 4) is 0 Å². The van der Waals surface area contributed by atoms with Gasteiger partial charge in [0.2, 0.25) is 0 Å². The Labute approximate surface area is 177 Å². The van der Waals surface area contributed by atoms with Crippen LogP contribution < -0.4 is 16.1 Å². The van der Waals surface area contributed by atoms with E-state index in [0.717, 1.165) is 5.69 Å². The molecule has 0 radical (unpaired) electrons. The lowest BCUT2D eigenvalue weighted by molar-refractivity contribution is -0.111. The fraction of sp³-hybridized carbons (Fsp3) is 0.0909. The van der Waals surface area contributed by atoms with Crippen LogP contribution in [0.4, 0.5) is 21.5 Å². The molecule has 8 heteroatoms. The van der Waals surface area contributed by atoms with E-state index in [1.807, 2.05) is 0 Å². The van der Waals surface area contributed by atoms with Gasteiger partial charge in [-0.2, -0.15) is 0 Å². The molecule has 3 aromatic rings. The first-order valence-electron chi connectivity index (χ1n) is 8.96. The number of hydroxylamine groups is 1. The maximum Gasteiger partial charge on any atom is 0.274 e. The minimum absolute atomic E-state index is 0.242. The zero-order valence-corrected chi connectivity index (χ0v) is 16.7. The van der Waals surface area contributed by atoms with E-state index in [4.69, 9.17) is 16.8 Å². The summed E-state index contributed by atoms with van der Waals surface area (Å²) in [5, 5.41) is 15.6. The molecule has 3 aromatic carbocycles. The molecule has 1 amide bonds. The number of amides is 1. The number of halogens is 2. The van der Waals surface area contributed by atoms with Crippen molar-refractivity contribution < 1.29 is 19.2 Å². The molecule has 0 spiro atoms. The van der Waals surface area contributed by atoms with E-state index < -0.39 is 17.3 Å². The van der Waals surface area contributed by atoms with Crippen molar-refractivity contribution in [3.05, 3.63) is 88.7 Å². The number of nitrogens with one attached hydrogen (secondary N) is 3. The van der Waals surface area contributed by atoms with E-state index in [0.29, 0.717) is 28.2 Å². The van der Waals surface area contributed by atoms with Gasteiger partial charge in [-0.25, -0.2) is 9.87 Å². The molecule has 0 aromatic heterocycles. The Morgan fingerprint density at radius 1 is 1.03 bits per heavy atom. The Hall–Kier alpha value is -3.42. The normalized spacial score (nSPS) is 12.5. The van der Waals surface area contributed by atoms with Crippen molar-refractivity contribution in [2.75, 3.05) is 10.6 Å². The summed E-state index contributed by atoms with van der Waals surface area (Å²) in [6, 6.07) is 17.2. The predicted octanol–water partition coefficient (Wildman–Crippen LogP) is 4.87. The van der Waals surface area contributed by atoms with Gasteiger partial charge >= 0.3 is 0 Å². The highest BCUT2D eigenvalue weighted by Gasteiger charge is 2.29. The number of carbonyl (C=O) groups is 2. The molecule has 0 aliphatic carbocycles. The van der Waals surface area contributed by atoms with E-state index in [1.165, 1.54) is 24.3 Å². The molecule has 6 nitrogen and oxygen atoms in total. The molecule has 4 N–H and O–H groups in total. The summed E-state index contributed by atoms with van der Waals surface area (Å²) in [6.07, 6.45) is 0.684. The topological polar surface area (TPSA) is 90.5 Å². The van der Waals surface area contributed by atoms with Crippen LogP contribution in [0.3, 0.4) is 0 Å². The second-order valence-electron chi connectivity index (χ2n) is 6.79. The molecule has 0 aliphatic rings. The SMILES string of the molecule is CC(C=O)(Nc1ccc(C(=O)NO)cc1)c1cc(F)ccc1Nc1ccc(Cl)cc1. The van der Waals surface area contributed by atoms with Crippen molar-refractivity contribution in [2.24, 2.45) is 0 Å². The fourth-order valence-corrected chi connectivity index (χ4v) is 3.10. The van der Waals surface area contributed by atoms with Crippen LogP contribution in [-0.2, 0) is 10.3 Å². The van der Waals surface area contributed by atoms with Crippen LogP contribution in [0.1, 0.15) is 22.8 Å². The van der Waals surface area contributed by atoms with Crippen LogP contribution in [0.5, 0.6) is 0 Å². The van der Waals surface area contributed by atoms with Gasteiger partial charge in [-0.15, -0.1) is 0 Å². The maximum absolute atomic E-state index is 14.1. The minimum atomic E-state index is -1.28. The third kappa shape index (κ3) is 4.76. The van der Waals surface area contributed by atoms with Gasteiger partial charge in [0, 0.05) is 33.2 Å². The number of benzene rings is 3. The average molecular weight is 428 g/mol. The molecule has 0 saturated carbocycles. The molecule has 154 valence electrons. The third-order valence-electron chi connectivity index (χ3n) is 4.55. The van der Waals surface area contributed by atoms with E-state index in [1.54, 1.807) is 54.9 Å². The van der Waals surface area contributed by atoms with Crippen LogP contribution in [0, 0.1) is 5.82 Å². The summed E-state index contributed by atoms with van der Waals surface area (Å²) >= 11 is 5.92. The highest BCUT2D eigenvalue weighted by Crippen LogP contribution is 2.33. The van der Waals surface area contributed by atoms with Crippen molar-refractivity contribution in [2.45, 2.75) is 12.5 Å². The van der Waals surface area contributed by atoms with Gasteiger partial charge in [0.05, 0.1) is 0 Å². The number of carbonyl (C=O) groups excluding carboxylic acids is 2. The summed E-state index contributed by atoms with van der Waals surface area (Å²) in [7, 11) is 0. The second kappa shape index (κ2) is 8.94. The minimum Gasteiger partial charge on any atom is -0.370 e. The Kier molecular flexibility index (Phi) is 6.34. The molecule has 1 unspecified atom stereocenters. The van der Waals surface area contributed by atoms with Crippen LogP contribution in [0.15, 0.2) is 66.7 Å². The number of rotatable bonds is 7. The first-order chi connectivity index (χ1) is 14.3. The standard InChI is InChI=1S/C22H19ClFN3O3/c1-22(13-28,26-18-7-2-14(3-8-18)21(29)27-30)19-12-16(24)6-11-20(19)25-17-9-4-15(23)5-10-17/h2-13,25-26,30H,1H3,(H,27,29). The van der Waals surface area contributed by atoms with Crippen LogP contribution in [-0.4, -0.2) is 17.4 Å². The van der Waals surface area contributed by atoms with Crippen molar-refractivity contribution in [1.82, 2.24) is 5.48 Å². The Morgan fingerprint density at radius 2 is 1.67 bits per heavy atom. The molecule has 1 atom stereocenters. The van der Waals surface area contributed by atoms with E-state index in [-0.39, 0.29) is 5.56 Å². The first kappa shape index (κ1) is 21.3. The molecule has 0 heterocycles. The van der Waals surface area contributed by atoms with E-state index in [2.05, 4.69) is 10.6 Å². The molecular weight excluding hydrogens is 409 g/mol. The van der Waals surface area contributed by atoms with Crippen molar-refractivity contribution >= 4 is 40.9 Å². The van der Waals surface area contributed by atoms with Gasteiger partial charge in [-0.3, -0.25) is 10.0 Å². The lowest BCUT2D eigenvalue weighted by Crippen LogP contribution is -2.34. The summed E-state index contributed by atoms with van der Waals surface area (Å²) in [5.74, 6) is -1.14. The van der Waals surface area contributed by atoms with Crippen LogP contribution >= 0.6 is 11.6 Å². The maximum atomic E-state index is 14.1. The zero-order chi connectivity index (χ0) is 21.7. The lowest BCUT2D eigenvalue weighted by Gasteiger charge is -2.29. The van der Waals surface area contributed by atoms with Gasteiger partial charge in [-0.05, 0) is 73.7 Å². The van der Waals surface area contributed by atoms with Gasteiger partial charge in [0.15, 0.2) is 0 Å². The summed E-state index contributed by atoms with van der Waals surface area (Å²) in [6.45, 7) is 1.62. The van der Waals surface area contributed by atoms with Gasteiger partial charge in [-0.1, -0.05) is 11.6 Å². The van der Waals surface area contributed by atoms with Crippen LogP contribution in [0.2, 0.25) is 5.02 Å². The number of aldehydes is 1. The average Bonchev–Trinajstić information content (AvgIpc) is 2.76. The highest BCUT2D eigenvalue weighted by atomic mass is 35.5. The molecule has 0 fully saturated rings.